The first kappa shape index (κ1) is 12.9. The fourth-order valence-electron chi connectivity index (χ4n) is 2.09. The van der Waals surface area contributed by atoms with Crippen molar-refractivity contribution in [3.63, 3.8) is 0 Å². The van der Waals surface area contributed by atoms with E-state index in [4.69, 9.17) is 10.8 Å². The number of carbonyl (C=O) groups is 1. The highest BCUT2D eigenvalue weighted by molar-refractivity contribution is 5.89. The lowest BCUT2D eigenvalue weighted by Crippen LogP contribution is -2.05. The van der Waals surface area contributed by atoms with E-state index in [0.717, 1.165) is 16.5 Å². The number of pyridine rings is 1. The van der Waals surface area contributed by atoms with E-state index in [-0.39, 0.29) is 5.69 Å². The van der Waals surface area contributed by atoms with Gasteiger partial charge >= 0.3 is 5.97 Å². The lowest BCUT2D eigenvalue weighted by Gasteiger charge is -2.10. The maximum absolute atomic E-state index is 11.0. The molecule has 0 aliphatic heterocycles. The van der Waals surface area contributed by atoms with E-state index < -0.39 is 5.97 Å². The largest absolute Gasteiger partial charge is 0.477 e. The van der Waals surface area contributed by atoms with Gasteiger partial charge in [0.25, 0.3) is 0 Å². The number of rotatable bonds is 3. The van der Waals surface area contributed by atoms with Crippen LogP contribution in [0, 0.1) is 0 Å². The molecule has 1 aromatic heterocycles. The van der Waals surface area contributed by atoms with E-state index in [1.165, 1.54) is 12.1 Å². The molecule has 0 bridgehead atoms. The number of nitrogens with one attached hydrogen (secondary N) is 1. The molecule has 5 heteroatoms. The van der Waals surface area contributed by atoms with Crippen molar-refractivity contribution in [3.05, 3.63) is 60.3 Å². The number of aromatic carboxylic acids is 1. The number of hydrogen-bond donors (Lipinski definition) is 3. The van der Waals surface area contributed by atoms with Crippen molar-refractivity contribution in [2.45, 2.75) is 0 Å². The summed E-state index contributed by atoms with van der Waals surface area (Å²) >= 11 is 0. The van der Waals surface area contributed by atoms with Crippen molar-refractivity contribution < 1.29 is 9.90 Å². The van der Waals surface area contributed by atoms with E-state index in [2.05, 4.69) is 10.3 Å². The molecule has 0 saturated heterocycles. The van der Waals surface area contributed by atoms with Gasteiger partial charge in [-0.3, -0.25) is 0 Å². The Kier molecular flexibility index (Phi) is 3.16. The summed E-state index contributed by atoms with van der Waals surface area (Å²) in [6.45, 7) is 0. The highest BCUT2D eigenvalue weighted by Gasteiger charge is 2.09. The Morgan fingerprint density at radius 1 is 1.05 bits per heavy atom. The number of aromatic nitrogens is 1. The van der Waals surface area contributed by atoms with Crippen LogP contribution in [0.15, 0.2) is 54.6 Å². The zero-order chi connectivity index (χ0) is 14.8. The minimum atomic E-state index is -1.09. The fourth-order valence-corrected chi connectivity index (χ4v) is 2.09. The molecule has 2 aromatic carbocycles. The number of anilines is 3. The van der Waals surface area contributed by atoms with Gasteiger partial charge in [0.1, 0.15) is 0 Å². The van der Waals surface area contributed by atoms with Gasteiger partial charge in [0, 0.05) is 5.69 Å². The first-order valence-corrected chi connectivity index (χ1v) is 6.39. The molecule has 0 amide bonds. The maximum Gasteiger partial charge on any atom is 0.354 e. The zero-order valence-corrected chi connectivity index (χ0v) is 11.1. The average Bonchev–Trinajstić information content (AvgIpc) is 2.49. The predicted octanol–water partition coefficient (Wildman–Crippen LogP) is 3.26. The van der Waals surface area contributed by atoms with Crippen molar-refractivity contribution in [1.29, 1.82) is 0 Å². The number of carboxylic acid groups (broad SMARTS) is 1. The summed E-state index contributed by atoms with van der Waals surface area (Å²) in [5.74, 6) is -0.748. The maximum atomic E-state index is 11.0. The number of hydrogen-bond acceptors (Lipinski definition) is 4. The van der Waals surface area contributed by atoms with Crippen LogP contribution in [0.25, 0.3) is 10.8 Å². The fraction of sp³-hybridized carbons (Fsp3) is 0. The van der Waals surface area contributed by atoms with Crippen LogP contribution in [0.4, 0.5) is 17.2 Å². The van der Waals surface area contributed by atoms with Crippen LogP contribution in [0.5, 0.6) is 0 Å². The van der Waals surface area contributed by atoms with E-state index >= 15 is 0 Å². The molecule has 104 valence electrons. The zero-order valence-electron chi connectivity index (χ0n) is 11.1. The van der Waals surface area contributed by atoms with Gasteiger partial charge in [-0.1, -0.05) is 30.3 Å². The lowest BCUT2D eigenvalue weighted by molar-refractivity contribution is 0.0690. The number of nitrogens with two attached hydrogens (primary N) is 1. The van der Waals surface area contributed by atoms with Crippen molar-refractivity contribution in [1.82, 2.24) is 4.98 Å². The molecule has 0 saturated carbocycles. The van der Waals surface area contributed by atoms with Gasteiger partial charge in [0.05, 0.1) is 5.69 Å². The SMILES string of the molecule is Nc1ccc(C(=O)O)nc1Nc1ccc2ccccc2c1. The van der Waals surface area contributed by atoms with Gasteiger partial charge in [-0.15, -0.1) is 0 Å². The molecule has 3 rings (SSSR count). The molecule has 0 radical (unpaired) electrons. The second kappa shape index (κ2) is 5.13. The second-order valence-electron chi connectivity index (χ2n) is 4.63. The van der Waals surface area contributed by atoms with Crippen LogP contribution in [-0.2, 0) is 0 Å². The van der Waals surface area contributed by atoms with Crippen molar-refractivity contribution >= 4 is 33.9 Å². The molecule has 4 N–H and O–H groups in total. The molecule has 5 nitrogen and oxygen atoms in total. The van der Waals surface area contributed by atoms with Crippen LogP contribution in [-0.4, -0.2) is 16.1 Å². The molecular weight excluding hydrogens is 266 g/mol. The van der Waals surface area contributed by atoms with E-state index in [1.807, 2.05) is 42.5 Å². The van der Waals surface area contributed by atoms with Crippen LogP contribution < -0.4 is 11.1 Å². The Morgan fingerprint density at radius 3 is 2.57 bits per heavy atom. The summed E-state index contributed by atoms with van der Waals surface area (Å²) in [5, 5.41) is 14.2. The number of benzene rings is 2. The summed E-state index contributed by atoms with van der Waals surface area (Å²) in [6.07, 6.45) is 0. The Balaban J connectivity index is 1.98. The van der Waals surface area contributed by atoms with E-state index in [1.54, 1.807) is 0 Å². The Labute approximate surface area is 121 Å². The normalized spacial score (nSPS) is 10.5. The average molecular weight is 279 g/mol. The quantitative estimate of drug-likeness (QED) is 0.685. The Bertz CT molecular complexity index is 831. The molecule has 1 heterocycles. The van der Waals surface area contributed by atoms with Gasteiger partial charge < -0.3 is 16.2 Å². The second-order valence-corrected chi connectivity index (χ2v) is 4.63. The van der Waals surface area contributed by atoms with Crippen LogP contribution in [0.3, 0.4) is 0 Å². The van der Waals surface area contributed by atoms with Gasteiger partial charge in [0.2, 0.25) is 0 Å². The molecule has 0 unspecified atom stereocenters. The van der Waals surface area contributed by atoms with Gasteiger partial charge in [-0.05, 0) is 35.0 Å². The molecule has 0 spiro atoms. The molecule has 0 aliphatic rings. The molecule has 0 atom stereocenters. The Morgan fingerprint density at radius 2 is 1.81 bits per heavy atom. The van der Waals surface area contributed by atoms with Crippen LogP contribution >= 0.6 is 0 Å². The first-order valence-electron chi connectivity index (χ1n) is 6.39. The van der Waals surface area contributed by atoms with Crippen LogP contribution in [0.2, 0.25) is 0 Å². The summed E-state index contributed by atoms with van der Waals surface area (Å²) in [4.78, 5) is 15.0. The third kappa shape index (κ3) is 2.62. The molecule has 0 aliphatic carbocycles. The van der Waals surface area contributed by atoms with Gasteiger partial charge in [-0.2, -0.15) is 0 Å². The summed E-state index contributed by atoms with van der Waals surface area (Å²) in [5.41, 5.74) is 6.98. The molecule has 0 fully saturated rings. The minimum Gasteiger partial charge on any atom is -0.477 e. The predicted molar refractivity (Wildman–Crippen MR) is 82.8 cm³/mol. The number of nitrogens with zero attached hydrogens (tertiary/aromatic N) is 1. The lowest BCUT2D eigenvalue weighted by atomic mass is 10.1. The number of nitrogen functional groups attached to an aromatic ring is 1. The molecule has 3 aromatic rings. The van der Waals surface area contributed by atoms with Crippen LogP contribution in [0.1, 0.15) is 10.5 Å². The first-order chi connectivity index (χ1) is 10.1. The van der Waals surface area contributed by atoms with Crippen molar-refractivity contribution in [3.8, 4) is 0 Å². The topological polar surface area (TPSA) is 88.2 Å². The third-order valence-corrected chi connectivity index (χ3v) is 3.16. The van der Waals surface area contributed by atoms with Gasteiger partial charge in [0.15, 0.2) is 11.5 Å². The summed E-state index contributed by atoms with van der Waals surface area (Å²) in [7, 11) is 0. The summed E-state index contributed by atoms with van der Waals surface area (Å²) < 4.78 is 0. The van der Waals surface area contributed by atoms with E-state index in [9.17, 15) is 4.79 Å². The third-order valence-electron chi connectivity index (χ3n) is 3.16. The van der Waals surface area contributed by atoms with Gasteiger partial charge in [-0.25, -0.2) is 9.78 Å². The summed E-state index contributed by atoms with van der Waals surface area (Å²) in [6, 6.07) is 16.7. The number of fused-ring (bicyclic) bond motifs is 1. The number of carboxylic acids is 1. The van der Waals surface area contributed by atoms with Crippen molar-refractivity contribution in [2.24, 2.45) is 0 Å². The van der Waals surface area contributed by atoms with E-state index in [0.29, 0.717) is 11.5 Å². The van der Waals surface area contributed by atoms with Crippen molar-refractivity contribution in [2.75, 3.05) is 11.1 Å². The molecular formula is C16H13N3O2. The highest BCUT2D eigenvalue weighted by Crippen LogP contribution is 2.24. The molecule has 21 heavy (non-hydrogen) atoms. The highest BCUT2D eigenvalue weighted by atomic mass is 16.4. The smallest absolute Gasteiger partial charge is 0.354 e. The minimum absolute atomic E-state index is 0.0486. The monoisotopic (exact) mass is 279 g/mol. The Hall–Kier alpha value is -3.08. The standard InChI is InChI=1S/C16H13N3O2/c17-13-7-8-14(16(20)21)19-15(13)18-12-6-5-10-3-1-2-4-11(10)9-12/h1-9H,17H2,(H,18,19)(H,20,21).